The summed E-state index contributed by atoms with van der Waals surface area (Å²) < 4.78 is 2.04. The van der Waals surface area contributed by atoms with Gasteiger partial charge in [0.15, 0.2) is 0 Å². The lowest BCUT2D eigenvalue weighted by Crippen LogP contribution is -2.33. The highest BCUT2D eigenvalue weighted by Crippen LogP contribution is 2.21. The molecule has 0 bridgehead atoms. The van der Waals surface area contributed by atoms with E-state index in [-0.39, 0.29) is 0 Å². The third kappa shape index (κ3) is 2.88. The zero-order valence-corrected chi connectivity index (χ0v) is 12.2. The average molecular weight is 271 g/mol. The van der Waals surface area contributed by atoms with Crippen LogP contribution in [-0.4, -0.2) is 37.2 Å². The summed E-state index contributed by atoms with van der Waals surface area (Å²) in [7, 11) is 0. The number of aryl methyl sites for hydroxylation is 2. The summed E-state index contributed by atoms with van der Waals surface area (Å²) in [6.07, 6.45) is 4.35. The van der Waals surface area contributed by atoms with Crippen molar-refractivity contribution in [3.05, 3.63) is 41.7 Å². The fourth-order valence-corrected chi connectivity index (χ4v) is 2.94. The Bertz CT molecular complexity index is 563. The van der Waals surface area contributed by atoms with Crippen molar-refractivity contribution >= 4 is 0 Å². The second kappa shape index (κ2) is 5.71. The maximum Gasteiger partial charge on any atom is 0.147 e. The third-order valence-corrected chi connectivity index (χ3v) is 3.94. The van der Waals surface area contributed by atoms with Gasteiger partial charge in [-0.25, -0.2) is 9.67 Å². The van der Waals surface area contributed by atoms with Gasteiger partial charge in [-0.05, 0) is 45.4 Å². The minimum absolute atomic E-state index is 0.539. The highest BCUT2D eigenvalue weighted by molar-refractivity contribution is 5.04. The van der Waals surface area contributed by atoms with Gasteiger partial charge in [-0.2, -0.15) is 5.10 Å². The van der Waals surface area contributed by atoms with Crippen LogP contribution in [0, 0.1) is 13.8 Å². The number of hydrogen-bond donors (Lipinski definition) is 0. The van der Waals surface area contributed by atoms with Crippen molar-refractivity contribution in [2.45, 2.75) is 45.8 Å². The molecule has 3 rings (SSSR count). The number of pyridine rings is 1. The Hall–Kier alpha value is -1.75. The molecule has 0 saturated carbocycles. The normalized spacial score (nSPS) is 19.6. The van der Waals surface area contributed by atoms with E-state index in [9.17, 15) is 0 Å². The van der Waals surface area contributed by atoms with E-state index < -0.39 is 0 Å². The zero-order valence-electron chi connectivity index (χ0n) is 12.2. The molecule has 3 heterocycles. The molecule has 5 heteroatoms. The number of aromatic nitrogens is 4. The number of rotatable bonds is 4. The quantitative estimate of drug-likeness (QED) is 0.853. The first-order valence-corrected chi connectivity index (χ1v) is 7.24. The van der Waals surface area contributed by atoms with Crippen LogP contribution in [0.15, 0.2) is 24.4 Å². The molecule has 0 aliphatic carbocycles. The molecule has 5 nitrogen and oxygen atoms in total. The van der Waals surface area contributed by atoms with Crippen molar-refractivity contribution in [3.8, 4) is 0 Å². The van der Waals surface area contributed by atoms with Gasteiger partial charge in [-0.3, -0.25) is 9.88 Å². The minimum atomic E-state index is 0.539. The lowest BCUT2D eigenvalue weighted by Gasteiger charge is -2.24. The number of likely N-dealkylation sites (tertiary alicyclic amines) is 1. The van der Waals surface area contributed by atoms with E-state index in [0.29, 0.717) is 6.04 Å². The first kappa shape index (κ1) is 13.2. The SMILES string of the molecule is Cc1nc(C)n(C[C@H]2CCCN2Cc2ccccn2)n1. The zero-order chi connectivity index (χ0) is 13.9. The highest BCUT2D eigenvalue weighted by Gasteiger charge is 2.25. The topological polar surface area (TPSA) is 46.8 Å². The Balaban J connectivity index is 1.68. The van der Waals surface area contributed by atoms with Crippen molar-refractivity contribution in [3.63, 3.8) is 0 Å². The van der Waals surface area contributed by atoms with Crippen LogP contribution in [0.4, 0.5) is 0 Å². The van der Waals surface area contributed by atoms with E-state index in [1.807, 2.05) is 30.8 Å². The first-order chi connectivity index (χ1) is 9.72. The van der Waals surface area contributed by atoms with E-state index in [1.54, 1.807) is 0 Å². The number of nitrogens with zero attached hydrogens (tertiary/aromatic N) is 5. The lowest BCUT2D eigenvalue weighted by atomic mass is 10.2. The van der Waals surface area contributed by atoms with Gasteiger partial charge in [-0.15, -0.1) is 0 Å². The van der Waals surface area contributed by atoms with Gasteiger partial charge in [0.25, 0.3) is 0 Å². The van der Waals surface area contributed by atoms with Crippen molar-refractivity contribution in [2.75, 3.05) is 6.54 Å². The summed E-state index contributed by atoms with van der Waals surface area (Å²) in [6, 6.07) is 6.65. The molecule has 2 aromatic heterocycles. The van der Waals surface area contributed by atoms with Crippen LogP contribution in [0.25, 0.3) is 0 Å². The molecule has 1 aliphatic heterocycles. The van der Waals surface area contributed by atoms with Gasteiger partial charge >= 0.3 is 0 Å². The van der Waals surface area contributed by atoms with Crippen molar-refractivity contribution < 1.29 is 0 Å². The fraction of sp³-hybridized carbons (Fsp3) is 0.533. The summed E-state index contributed by atoms with van der Waals surface area (Å²) in [5.74, 6) is 1.86. The second-order valence-electron chi connectivity index (χ2n) is 5.48. The summed E-state index contributed by atoms with van der Waals surface area (Å²) >= 11 is 0. The molecule has 0 radical (unpaired) electrons. The van der Waals surface area contributed by atoms with E-state index in [1.165, 1.54) is 12.8 Å². The molecule has 0 N–H and O–H groups in total. The fourth-order valence-electron chi connectivity index (χ4n) is 2.94. The summed E-state index contributed by atoms with van der Waals surface area (Å²) in [5.41, 5.74) is 1.14. The molecule has 0 spiro atoms. The smallest absolute Gasteiger partial charge is 0.147 e. The molecule has 1 fully saturated rings. The lowest BCUT2D eigenvalue weighted by molar-refractivity contribution is 0.215. The molecule has 2 aromatic rings. The van der Waals surface area contributed by atoms with E-state index in [0.717, 1.165) is 37.0 Å². The van der Waals surface area contributed by atoms with E-state index in [2.05, 4.69) is 32.1 Å². The Morgan fingerprint density at radius 3 is 2.90 bits per heavy atom. The molecule has 20 heavy (non-hydrogen) atoms. The van der Waals surface area contributed by atoms with Gasteiger partial charge in [0.1, 0.15) is 11.6 Å². The van der Waals surface area contributed by atoms with Crippen LogP contribution in [0.5, 0.6) is 0 Å². The van der Waals surface area contributed by atoms with Crippen molar-refractivity contribution in [2.24, 2.45) is 0 Å². The standard InChI is InChI=1S/C15H21N5/c1-12-17-13(2)20(18-12)11-15-7-5-9-19(15)10-14-6-3-4-8-16-14/h3-4,6,8,15H,5,7,9-11H2,1-2H3/t15-/m1/s1. The monoisotopic (exact) mass is 271 g/mol. The van der Waals surface area contributed by atoms with Gasteiger partial charge < -0.3 is 0 Å². The Morgan fingerprint density at radius 1 is 1.30 bits per heavy atom. The summed E-state index contributed by atoms with van der Waals surface area (Å²) in [4.78, 5) is 11.3. The van der Waals surface area contributed by atoms with Gasteiger partial charge in [-0.1, -0.05) is 6.07 Å². The van der Waals surface area contributed by atoms with Crippen LogP contribution in [0.2, 0.25) is 0 Å². The van der Waals surface area contributed by atoms with Gasteiger partial charge in [0, 0.05) is 18.8 Å². The first-order valence-electron chi connectivity index (χ1n) is 7.24. The third-order valence-electron chi connectivity index (χ3n) is 3.94. The largest absolute Gasteiger partial charge is 0.293 e. The van der Waals surface area contributed by atoms with Crippen molar-refractivity contribution in [1.29, 1.82) is 0 Å². The molecular formula is C15H21N5. The predicted molar refractivity (Wildman–Crippen MR) is 77.2 cm³/mol. The Labute approximate surface area is 119 Å². The van der Waals surface area contributed by atoms with E-state index >= 15 is 0 Å². The van der Waals surface area contributed by atoms with E-state index in [4.69, 9.17) is 0 Å². The molecule has 0 aromatic carbocycles. The predicted octanol–water partition coefficient (Wildman–Crippen LogP) is 1.95. The van der Waals surface area contributed by atoms with Crippen LogP contribution in [0.1, 0.15) is 30.2 Å². The van der Waals surface area contributed by atoms with Crippen LogP contribution in [-0.2, 0) is 13.1 Å². The van der Waals surface area contributed by atoms with Crippen molar-refractivity contribution in [1.82, 2.24) is 24.6 Å². The molecule has 1 aliphatic rings. The molecule has 106 valence electrons. The average Bonchev–Trinajstić information content (AvgIpc) is 2.99. The van der Waals surface area contributed by atoms with Crippen LogP contribution < -0.4 is 0 Å². The van der Waals surface area contributed by atoms with Crippen LogP contribution >= 0.6 is 0 Å². The second-order valence-corrected chi connectivity index (χ2v) is 5.48. The molecule has 1 atom stereocenters. The van der Waals surface area contributed by atoms with Crippen LogP contribution in [0.3, 0.4) is 0 Å². The Morgan fingerprint density at radius 2 is 2.20 bits per heavy atom. The molecule has 1 saturated heterocycles. The summed E-state index contributed by atoms with van der Waals surface area (Å²) in [6.45, 7) is 6.98. The molecule has 0 unspecified atom stereocenters. The highest BCUT2D eigenvalue weighted by atomic mass is 15.4. The summed E-state index contributed by atoms with van der Waals surface area (Å²) in [5, 5.41) is 4.48. The van der Waals surface area contributed by atoms with Gasteiger partial charge in [0.05, 0.1) is 12.2 Å². The number of hydrogen-bond acceptors (Lipinski definition) is 4. The molecular weight excluding hydrogens is 250 g/mol. The maximum absolute atomic E-state index is 4.48. The Kier molecular flexibility index (Phi) is 3.78. The van der Waals surface area contributed by atoms with Gasteiger partial charge in [0.2, 0.25) is 0 Å². The molecule has 0 amide bonds. The maximum atomic E-state index is 4.48. The minimum Gasteiger partial charge on any atom is -0.293 e.